The Morgan fingerprint density at radius 2 is 1.90 bits per heavy atom. The Kier molecular flexibility index (Phi) is 4.38. The van der Waals surface area contributed by atoms with Gasteiger partial charge in [-0.1, -0.05) is 36.4 Å². The molecule has 4 nitrogen and oxygen atoms in total. The third-order valence-corrected chi connectivity index (χ3v) is 3.55. The van der Waals surface area contributed by atoms with Gasteiger partial charge in [0.25, 0.3) is 0 Å². The molecule has 0 spiro atoms. The van der Waals surface area contributed by atoms with Gasteiger partial charge >= 0.3 is 0 Å². The summed E-state index contributed by atoms with van der Waals surface area (Å²) in [6.07, 6.45) is -0.0109. The molecule has 0 saturated heterocycles. The Bertz CT molecular complexity index is 586. The summed E-state index contributed by atoms with van der Waals surface area (Å²) in [5.74, 6) is 1.59. The van der Waals surface area contributed by atoms with E-state index in [2.05, 4.69) is 17.4 Å². The van der Waals surface area contributed by atoms with E-state index in [1.54, 1.807) is 7.11 Å². The van der Waals surface area contributed by atoms with E-state index in [0.29, 0.717) is 6.79 Å². The maximum absolute atomic E-state index is 5.58. The summed E-state index contributed by atoms with van der Waals surface area (Å²) in [6, 6.07) is 16.3. The van der Waals surface area contributed by atoms with Crippen molar-refractivity contribution in [3.8, 4) is 11.5 Å². The fourth-order valence-electron chi connectivity index (χ4n) is 2.39. The number of benzene rings is 2. The van der Waals surface area contributed by atoms with Crippen molar-refractivity contribution in [1.82, 2.24) is 5.32 Å². The lowest BCUT2D eigenvalue weighted by molar-refractivity contribution is 0.102. The third-order valence-electron chi connectivity index (χ3n) is 3.55. The van der Waals surface area contributed by atoms with Gasteiger partial charge in [0.2, 0.25) is 6.79 Å². The molecule has 0 fully saturated rings. The summed E-state index contributed by atoms with van der Waals surface area (Å²) in [5, 5.41) is 3.42. The van der Waals surface area contributed by atoms with E-state index >= 15 is 0 Å². The summed E-state index contributed by atoms with van der Waals surface area (Å²) in [4.78, 5) is 0. The normalized spacial score (nSPS) is 14.1. The Hall–Kier alpha value is -2.04. The molecule has 1 unspecified atom stereocenters. The van der Waals surface area contributed by atoms with Gasteiger partial charge in [-0.25, -0.2) is 0 Å². The van der Waals surface area contributed by atoms with Crippen molar-refractivity contribution in [2.75, 3.05) is 20.4 Å². The molecular formula is C17H19NO3. The summed E-state index contributed by atoms with van der Waals surface area (Å²) in [7, 11) is 1.72. The molecule has 0 amide bonds. The van der Waals surface area contributed by atoms with Gasteiger partial charge in [0, 0.05) is 20.2 Å². The van der Waals surface area contributed by atoms with Crippen LogP contribution in [0, 0.1) is 0 Å². The van der Waals surface area contributed by atoms with E-state index in [9.17, 15) is 0 Å². The van der Waals surface area contributed by atoms with Crippen LogP contribution in [0.4, 0.5) is 0 Å². The van der Waals surface area contributed by atoms with Crippen molar-refractivity contribution in [3.05, 3.63) is 59.7 Å². The fraction of sp³-hybridized carbons (Fsp3) is 0.294. The molecular weight excluding hydrogens is 266 g/mol. The van der Waals surface area contributed by atoms with Crippen molar-refractivity contribution >= 4 is 0 Å². The summed E-state index contributed by atoms with van der Waals surface area (Å²) < 4.78 is 16.3. The van der Waals surface area contributed by atoms with Crippen LogP contribution in [0.25, 0.3) is 0 Å². The number of hydrogen-bond donors (Lipinski definition) is 1. The lowest BCUT2D eigenvalue weighted by Gasteiger charge is -2.17. The molecule has 110 valence electrons. The molecule has 1 aliphatic heterocycles. The van der Waals surface area contributed by atoms with Crippen molar-refractivity contribution < 1.29 is 14.2 Å². The van der Waals surface area contributed by atoms with Crippen molar-refractivity contribution in [3.63, 3.8) is 0 Å². The molecule has 1 atom stereocenters. The number of ether oxygens (including phenoxy) is 3. The topological polar surface area (TPSA) is 39.7 Å². The molecule has 0 bridgehead atoms. The molecule has 21 heavy (non-hydrogen) atoms. The van der Waals surface area contributed by atoms with Gasteiger partial charge in [0.05, 0.1) is 6.10 Å². The van der Waals surface area contributed by atoms with Gasteiger partial charge < -0.3 is 19.5 Å². The van der Waals surface area contributed by atoms with Crippen molar-refractivity contribution in [2.45, 2.75) is 12.6 Å². The quantitative estimate of drug-likeness (QED) is 0.886. The maximum Gasteiger partial charge on any atom is 0.231 e. The Morgan fingerprint density at radius 1 is 1.10 bits per heavy atom. The molecule has 0 radical (unpaired) electrons. The van der Waals surface area contributed by atoms with Crippen LogP contribution in [-0.4, -0.2) is 20.4 Å². The highest BCUT2D eigenvalue weighted by molar-refractivity contribution is 5.45. The largest absolute Gasteiger partial charge is 0.454 e. The van der Waals surface area contributed by atoms with Gasteiger partial charge in [-0.05, 0) is 23.3 Å². The van der Waals surface area contributed by atoms with E-state index in [1.165, 1.54) is 5.56 Å². The highest BCUT2D eigenvalue weighted by Crippen LogP contribution is 2.34. The first kappa shape index (κ1) is 13.9. The van der Waals surface area contributed by atoms with E-state index in [1.807, 2.05) is 36.4 Å². The molecule has 2 aromatic carbocycles. The molecule has 4 heteroatoms. The maximum atomic E-state index is 5.58. The number of nitrogens with one attached hydrogen (secondary N) is 1. The lowest BCUT2D eigenvalue weighted by Crippen LogP contribution is -2.22. The highest BCUT2D eigenvalue weighted by atomic mass is 16.7. The standard InChI is InChI=1S/C17H19NO3/c1-19-17(11-18-10-13-5-3-2-4-6-13)14-7-8-15-16(9-14)21-12-20-15/h2-9,17-18H,10-12H2,1H3. The Balaban J connectivity index is 1.60. The summed E-state index contributed by atoms with van der Waals surface area (Å²) in [6.45, 7) is 1.86. The van der Waals surface area contributed by atoms with E-state index in [-0.39, 0.29) is 6.10 Å². The molecule has 1 heterocycles. The third kappa shape index (κ3) is 3.35. The highest BCUT2D eigenvalue weighted by Gasteiger charge is 2.17. The smallest absolute Gasteiger partial charge is 0.231 e. The number of methoxy groups -OCH3 is 1. The number of hydrogen-bond acceptors (Lipinski definition) is 4. The predicted octanol–water partition coefficient (Wildman–Crippen LogP) is 2.89. The van der Waals surface area contributed by atoms with Gasteiger partial charge in [-0.15, -0.1) is 0 Å². The fourth-order valence-corrected chi connectivity index (χ4v) is 2.39. The monoisotopic (exact) mass is 285 g/mol. The Morgan fingerprint density at radius 3 is 2.71 bits per heavy atom. The van der Waals surface area contributed by atoms with Crippen molar-refractivity contribution in [2.24, 2.45) is 0 Å². The van der Waals surface area contributed by atoms with Crippen LogP contribution in [-0.2, 0) is 11.3 Å². The molecule has 2 aromatic rings. The van der Waals surface area contributed by atoms with Gasteiger partial charge in [0.15, 0.2) is 11.5 Å². The first-order valence-electron chi connectivity index (χ1n) is 7.04. The number of rotatable bonds is 6. The number of fused-ring (bicyclic) bond motifs is 1. The average molecular weight is 285 g/mol. The Labute approximate surface area is 124 Å². The van der Waals surface area contributed by atoms with Crippen LogP contribution in [0.1, 0.15) is 17.2 Å². The first-order chi connectivity index (χ1) is 10.4. The predicted molar refractivity (Wildman–Crippen MR) is 80.5 cm³/mol. The van der Waals surface area contributed by atoms with E-state index in [0.717, 1.165) is 30.2 Å². The lowest BCUT2D eigenvalue weighted by atomic mass is 10.1. The molecule has 0 aliphatic carbocycles. The van der Waals surface area contributed by atoms with Gasteiger partial charge in [0.1, 0.15) is 0 Å². The van der Waals surface area contributed by atoms with E-state index < -0.39 is 0 Å². The van der Waals surface area contributed by atoms with E-state index in [4.69, 9.17) is 14.2 Å². The second-order valence-electron chi connectivity index (χ2n) is 4.95. The minimum absolute atomic E-state index is 0.0109. The SMILES string of the molecule is COC(CNCc1ccccc1)c1ccc2c(c1)OCO2. The molecule has 3 rings (SSSR count). The van der Waals surface area contributed by atoms with Crippen LogP contribution in [0.5, 0.6) is 11.5 Å². The summed E-state index contributed by atoms with van der Waals surface area (Å²) >= 11 is 0. The zero-order chi connectivity index (χ0) is 14.5. The second kappa shape index (κ2) is 6.61. The zero-order valence-electron chi connectivity index (χ0n) is 12.0. The van der Waals surface area contributed by atoms with Crippen LogP contribution in [0.2, 0.25) is 0 Å². The van der Waals surface area contributed by atoms with Gasteiger partial charge in [-0.3, -0.25) is 0 Å². The molecule has 1 aliphatic rings. The molecule has 0 aromatic heterocycles. The first-order valence-corrected chi connectivity index (χ1v) is 7.04. The molecule has 0 saturated carbocycles. The zero-order valence-corrected chi connectivity index (χ0v) is 12.0. The minimum atomic E-state index is -0.0109. The average Bonchev–Trinajstić information content (AvgIpc) is 3.00. The summed E-state index contributed by atoms with van der Waals surface area (Å²) in [5.41, 5.74) is 2.35. The van der Waals surface area contributed by atoms with Crippen molar-refractivity contribution in [1.29, 1.82) is 0 Å². The molecule has 1 N–H and O–H groups in total. The second-order valence-corrected chi connectivity index (χ2v) is 4.95. The van der Waals surface area contributed by atoms with Crippen LogP contribution >= 0.6 is 0 Å². The minimum Gasteiger partial charge on any atom is -0.454 e. The van der Waals surface area contributed by atoms with Crippen LogP contribution < -0.4 is 14.8 Å². The van der Waals surface area contributed by atoms with Crippen LogP contribution in [0.3, 0.4) is 0 Å². The van der Waals surface area contributed by atoms with Gasteiger partial charge in [-0.2, -0.15) is 0 Å². The van der Waals surface area contributed by atoms with Crippen LogP contribution in [0.15, 0.2) is 48.5 Å².